The number of carbonyl (C=O) groups excluding carboxylic acids is 1. The number of pyridine rings is 1. The Morgan fingerprint density at radius 1 is 1.62 bits per heavy atom. The van der Waals surface area contributed by atoms with Crippen molar-refractivity contribution in [3.8, 4) is 5.75 Å². The minimum atomic E-state index is -0.190. The van der Waals surface area contributed by atoms with Crippen LogP contribution in [0.2, 0.25) is 0 Å². The van der Waals surface area contributed by atoms with Crippen molar-refractivity contribution in [2.75, 3.05) is 13.6 Å². The van der Waals surface area contributed by atoms with Crippen molar-refractivity contribution in [1.82, 2.24) is 15.6 Å². The maximum atomic E-state index is 11.2. The normalized spacial score (nSPS) is 23.4. The van der Waals surface area contributed by atoms with Crippen molar-refractivity contribution in [2.45, 2.75) is 19.1 Å². The van der Waals surface area contributed by atoms with Gasteiger partial charge in [0.2, 0.25) is 0 Å². The first kappa shape index (κ1) is 10.9. The summed E-state index contributed by atoms with van der Waals surface area (Å²) in [6.07, 6.45) is 1.78. The van der Waals surface area contributed by atoms with E-state index in [-0.39, 0.29) is 12.0 Å². The Hall–Kier alpha value is -1.62. The SMILES string of the molecule is CNC(=O)c1ccc(O[C@H]2CN[C@@H]2C)cn1. The van der Waals surface area contributed by atoms with Gasteiger partial charge >= 0.3 is 0 Å². The average molecular weight is 221 g/mol. The molecular weight excluding hydrogens is 206 g/mol. The second kappa shape index (κ2) is 4.49. The number of nitrogens with zero attached hydrogens (tertiary/aromatic N) is 1. The summed E-state index contributed by atoms with van der Waals surface area (Å²) in [4.78, 5) is 15.3. The monoisotopic (exact) mass is 221 g/mol. The van der Waals surface area contributed by atoms with Crippen LogP contribution in [0.25, 0.3) is 0 Å². The van der Waals surface area contributed by atoms with Gasteiger partial charge in [-0.3, -0.25) is 4.79 Å². The quantitative estimate of drug-likeness (QED) is 0.764. The van der Waals surface area contributed by atoms with Gasteiger partial charge in [0.05, 0.1) is 6.20 Å². The van der Waals surface area contributed by atoms with Gasteiger partial charge in [0.25, 0.3) is 5.91 Å². The first-order chi connectivity index (χ1) is 7.70. The Bertz CT molecular complexity index is 377. The Balaban J connectivity index is 1.99. The van der Waals surface area contributed by atoms with Crippen LogP contribution in [0.15, 0.2) is 18.3 Å². The van der Waals surface area contributed by atoms with Gasteiger partial charge in [-0.05, 0) is 19.1 Å². The third-order valence-corrected chi connectivity index (χ3v) is 2.68. The van der Waals surface area contributed by atoms with Gasteiger partial charge in [-0.1, -0.05) is 0 Å². The molecule has 2 rings (SSSR count). The standard InChI is InChI=1S/C11H15N3O2/c1-7-10(6-13-7)16-8-3-4-9(14-5-8)11(15)12-2/h3-5,7,10,13H,6H2,1-2H3,(H,12,15)/t7-,10+/m1/s1. The van der Waals surface area contributed by atoms with Crippen molar-refractivity contribution in [3.05, 3.63) is 24.0 Å². The molecule has 1 aromatic rings. The molecule has 1 aliphatic heterocycles. The summed E-state index contributed by atoms with van der Waals surface area (Å²) in [6.45, 7) is 2.93. The third kappa shape index (κ3) is 2.14. The molecule has 16 heavy (non-hydrogen) atoms. The summed E-state index contributed by atoms with van der Waals surface area (Å²) in [5.41, 5.74) is 0.398. The minimum absolute atomic E-state index is 0.190. The summed E-state index contributed by atoms with van der Waals surface area (Å²) in [6, 6.07) is 3.80. The molecule has 0 radical (unpaired) electrons. The van der Waals surface area contributed by atoms with E-state index in [1.807, 2.05) is 0 Å². The molecule has 1 amide bonds. The van der Waals surface area contributed by atoms with E-state index in [4.69, 9.17) is 4.74 Å². The van der Waals surface area contributed by atoms with Gasteiger partial charge in [0.1, 0.15) is 17.5 Å². The lowest BCUT2D eigenvalue weighted by Gasteiger charge is -2.35. The fourth-order valence-corrected chi connectivity index (χ4v) is 1.48. The smallest absolute Gasteiger partial charge is 0.269 e. The molecule has 0 spiro atoms. The number of carbonyl (C=O) groups is 1. The summed E-state index contributed by atoms with van der Waals surface area (Å²) in [5.74, 6) is 0.510. The summed E-state index contributed by atoms with van der Waals surface area (Å²) in [5, 5.41) is 5.73. The van der Waals surface area contributed by atoms with Gasteiger partial charge in [0, 0.05) is 19.6 Å². The number of hydrogen-bond acceptors (Lipinski definition) is 4. The van der Waals surface area contributed by atoms with Crippen LogP contribution in [-0.4, -0.2) is 36.6 Å². The van der Waals surface area contributed by atoms with Crippen molar-refractivity contribution in [1.29, 1.82) is 0 Å². The molecule has 1 aliphatic rings. The van der Waals surface area contributed by atoms with Crippen LogP contribution < -0.4 is 15.4 Å². The van der Waals surface area contributed by atoms with E-state index in [9.17, 15) is 4.79 Å². The van der Waals surface area contributed by atoms with Crippen LogP contribution in [0, 0.1) is 0 Å². The summed E-state index contributed by atoms with van der Waals surface area (Å²) in [7, 11) is 1.58. The first-order valence-electron chi connectivity index (χ1n) is 5.29. The Kier molecular flexibility index (Phi) is 3.05. The zero-order valence-corrected chi connectivity index (χ0v) is 9.36. The van der Waals surface area contributed by atoms with Crippen LogP contribution >= 0.6 is 0 Å². The molecule has 0 unspecified atom stereocenters. The predicted octanol–water partition coefficient (Wildman–Crippen LogP) is 0.180. The number of aromatic nitrogens is 1. The van der Waals surface area contributed by atoms with E-state index in [1.54, 1.807) is 25.4 Å². The summed E-state index contributed by atoms with van der Waals surface area (Å²) < 4.78 is 5.67. The molecule has 2 N–H and O–H groups in total. The molecule has 5 heteroatoms. The first-order valence-corrected chi connectivity index (χ1v) is 5.29. The molecule has 2 atom stereocenters. The van der Waals surface area contributed by atoms with Gasteiger partial charge in [-0.15, -0.1) is 0 Å². The highest BCUT2D eigenvalue weighted by Gasteiger charge is 2.27. The fraction of sp³-hybridized carbons (Fsp3) is 0.455. The van der Waals surface area contributed by atoms with Crippen LogP contribution in [0.4, 0.5) is 0 Å². The second-order valence-electron chi connectivity index (χ2n) is 3.81. The van der Waals surface area contributed by atoms with Gasteiger partial charge in [0.15, 0.2) is 0 Å². The van der Waals surface area contributed by atoms with Crippen LogP contribution in [0.5, 0.6) is 5.75 Å². The number of nitrogens with one attached hydrogen (secondary N) is 2. The highest BCUT2D eigenvalue weighted by Crippen LogP contribution is 2.15. The number of rotatable bonds is 3. The highest BCUT2D eigenvalue weighted by atomic mass is 16.5. The number of ether oxygens (including phenoxy) is 1. The van der Waals surface area contributed by atoms with E-state index in [1.165, 1.54) is 0 Å². The van der Waals surface area contributed by atoms with Gasteiger partial charge in [-0.25, -0.2) is 4.98 Å². The van der Waals surface area contributed by atoms with Crippen LogP contribution in [-0.2, 0) is 0 Å². The van der Waals surface area contributed by atoms with Gasteiger partial charge in [-0.2, -0.15) is 0 Å². The van der Waals surface area contributed by atoms with Crippen molar-refractivity contribution < 1.29 is 9.53 Å². The Morgan fingerprint density at radius 3 is 2.88 bits per heavy atom. The molecule has 2 heterocycles. The molecule has 0 saturated carbocycles. The highest BCUT2D eigenvalue weighted by molar-refractivity contribution is 5.91. The maximum Gasteiger partial charge on any atom is 0.269 e. The van der Waals surface area contributed by atoms with Gasteiger partial charge < -0.3 is 15.4 Å². The lowest BCUT2D eigenvalue weighted by Crippen LogP contribution is -2.58. The van der Waals surface area contributed by atoms with Crippen molar-refractivity contribution in [2.24, 2.45) is 0 Å². The molecule has 1 aromatic heterocycles. The zero-order valence-electron chi connectivity index (χ0n) is 9.36. The van der Waals surface area contributed by atoms with Crippen LogP contribution in [0.1, 0.15) is 17.4 Å². The predicted molar refractivity (Wildman–Crippen MR) is 59.5 cm³/mol. The molecular formula is C11H15N3O2. The van der Waals surface area contributed by atoms with E-state index in [0.717, 1.165) is 6.54 Å². The topological polar surface area (TPSA) is 63.2 Å². The summed E-state index contributed by atoms with van der Waals surface area (Å²) >= 11 is 0. The van der Waals surface area contributed by atoms with E-state index >= 15 is 0 Å². The fourth-order valence-electron chi connectivity index (χ4n) is 1.48. The minimum Gasteiger partial charge on any atom is -0.486 e. The van der Waals surface area contributed by atoms with Crippen molar-refractivity contribution in [3.63, 3.8) is 0 Å². The molecule has 0 bridgehead atoms. The zero-order chi connectivity index (χ0) is 11.5. The van der Waals surface area contributed by atoms with Crippen LogP contribution in [0.3, 0.4) is 0 Å². The molecule has 1 fully saturated rings. The molecule has 0 aliphatic carbocycles. The molecule has 5 nitrogen and oxygen atoms in total. The van der Waals surface area contributed by atoms with E-state index < -0.39 is 0 Å². The maximum absolute atomic E-state index is 11.2. The van der Waals surface area contributed by atoms with Crippen molar-refractivity contribution >= 4 is 5.91 Å². The van der Waals surface area contributed by atoms with E-state index in [2.05, 4.69) is 22.5 Å². The number of amides is 1. The second-order valence-corrected chi connectivity index (χ2v) is 3.81. The third-order valence-electron chi connectivity index (χ3n) is 2.68. The molecule has 1 saturated heterocycles. The lowest BCUT2D eigenvalue weighted by molar-refractivity contribution is 0.0928. The Labute approximate surface area is 94.2 Å². The molecule has 86 valence electrons. The number of hydrogen-bond donors (Lipinski definition) is 2. The average Bonchev–Trinajstić information content (AvgIpc) is 2.34. The lowest BCUT2D eigenvalue weighted by atomic mass is 10.1. The molecule has 0 aromatic carbocycles. The Morgan fingerprint density at radius 2 is 2.44 bits per heavy atom. The van der Waals surface area contributed by atoms with E-state index in [0.29, 0.717) is 17.5 Å². The largest absolute Gasteiger partial charge is 0.486 e.